The Kier molecular flexibility index (Phi) is 9.22. The second kappa shape index (κ2) is 12.2. The fraction of sp³-hybridized carbons (Fsp3) is 0.556. The summed E-state index contributed by atoms with van der Waals surface area (Å²) in [5.41, 5.74) is -4.20. The van der Waals surface area contributed by atoms with Crippen molar-refractivity contribution in [3.8, 4) is 5.75 Å². The number of hydrogen-bond acceptors (Lipinski definition) is 5. The van der Waals surface area contributed by atoms with Crippen LogP contribution in [0.15, 0.2) is 18.3 Å². The Morgan fingerprint density at radius 3 is 2.22 bits per heavy atom. The van der Waals surface area contributed by atoms with Crippen LogP contribution in [0.3, 0.4) is 0 Å². The number of ether oxygens (including phenoxy) is 1. The topological polar surface area (TPSA) is 102 Å². The van der Waals surface area contributed by atoms with Gasteiger partial charge in [-0.2, -0.15) is 18.3 Å². The Labute approximate surface area is 243 Å². The maximum absolute atomic E-state index is 15.6. The molecule has 1 aromatic carbocycles. The molecule has 2 fully saturated rings. The van der Waals surface area contributed by atoms with E-state index >= 15 is 4.39 Å². The van der Waals surface area contributed by atoms with Gasteiger partial charge in [0, 0.05) is 0 Å². The largest absolute Gasteiger partial charge is 0.497 e. The minimum Gasteiger partial charge on any atom is -0.497 e. The average Bonchev–Trinajstić information content (AvgIpc) is 3.54. The summed E-state index contributed by atoms with van der Waals surface area (Å²) in [7, 11) is 1.36. The molecule has 0 radical (unpaired) electrons. The number of nitrogens with zero attached hydrogens (tertiary/aromatic N) is 3. The summed E-state index contributed by atoms with van der Waals surface area (Å²) in [6.07, 6.45) is -2.41. The number of ketones is 1. The van der Waals surface area contributed by atoms with Gasteiger partial charge in [0.2, 0.25) is 0 Å². The quantitative estimate of drug-likeness (QED) is 0.249. The predicted molar refractivity (Wildman–Crippen MR) is 141 cm³/mol. The normalized spacial score (nSPS) is 20.6. The summed E-state index contributed by atoms with van der Waals surface area (Å²) in [5.74, 6) is -3.41. The lowest BCUT2D eigenvalue weighted by atomic mass is 9.86. The van der Waals surface area contributed by atoms with E-state index in [2.05, 4.69) is 5.10 Å². The lowest BCUT2D eigenvalue weighted by molar-refractivity contribution is -0.147. The molecule has 41 heavy (non-hydrogen) atoms. The van der Waals surface area contributed by atoms with Crippen molar-refractivity contribution in [2.75, 3.05) is 20.2 Å². The molecule has 1 N–H and O–H groups in total. The smallest absolute Gasteiger partial charge is 0.433 e. The Morgan fingerprint density at radius 1 is 1.12 bits per heavy atom. The first-order valence-corrected chi connectivity index (χ1v) is 13.9. The Morgan fingerprint density at radius 2 is 1.71 bits per heavy atom. The van der Waals surface area contributed by atoms with Crippen molar-refractivity contribution < 1.29 is 41.8 Å². The van der Waals surface area contributed by atoms with E-state index in [1.807, 2.05) is 0 Å². The minimum atomic E-state index is -5.01. The van der Waals surface area contributed by atoms with Gasteiger partial charge in [0.25, 0.3) is 5.91 Å². The third kappa shape index (κ3) is 6.80. The van der Waals surface area contributed by atoms with Crippen LogP contribution in [-0.4, -0.2) is 63.3 Å². The van der Waals surface area contributed by atoms with Gasteiger partial charge in [-0.05, 0) is 50.7 Å². The molecule has 2 saturated carbocycles. The number of benzene rings is 1. The maximum atomic E-state index is 15.6. The number of carboxylic acids is 1. The van der Waals surface area contributed by atoms with Gasteiger partial charge in [-0.3, -0.25) is 19.1 Å². The van der Waals surface area contributed by atoms with E-state index in [1.54, 1.807) is 0 Å². The van der Waals surface area contributed by atoms with E-state index in [0.717, 1.165) is 11.1 Å². The average molecular weight is 622 g/mol. The molecule has 2 aliphatic rings. The van der Waals surface area contributed by atoms with Crippen molar-refractivity contribution in [3.63, 3.8) is 0 Å². The summed E-state index contributed by atoms with van der Waals surface area (Å²) in [5, 5.41) is 12.9. The van der Waals surface area contributed by atoms with Crippen LogP contribution >= 0.6 is 23.2 Å². The molecule has 0 spiro atoms. The molecule has 2 aliphatic carbocycles. The first-order valence-electron chi connectivity index (χ1n) is 13.2. The summed E-state index contributed by atoms with van der Waals surface area (Å²) in [4.78, 5) is 39.1. The first-order chi connectivity index (χ1) is 19.2. The highest BCUT2D eigenvalue weighted by Crippen LogP contribution is 2.40. The summed E-state index contributed by atoms with van der Waals surface area (Å²) in [6, 6.07) is 1.87. The summed E-state index contributed by atoms with van der Waals surface area (Å²) >= 11 is 12.5. The van der Waals surface area contributed by atoms with Gasteiger partial charge in [-0.25, -0.2) is 4.39 Å². The van der Waals surface area contributed by atoms with Gasteiger partial charge in [0.1, 0.15) is 11.4 Å². The Hall–Kier alpha value is -2.86. The first kappa shape index (κ1) is 31.1. The number of halogens is 6. The number of carboxylic acid groups (broad SMARTS) is 1. The second-order valence-electron chi connectivity index (χ2n) is 10.6. The number of rotatable bonds is 9. The number of Topliss-reactive ketones (excluding diaryl/α,β-unsaturated/α-hetero) is 1. The zero-order valence-corrected chi connectivity index (χ0v) is 23.7. The van der Waals surface area contributed by atoms with Gasteiger partial charge in [0.05, 0.1) is 59.5 Å². The number of carbonyl (C=O) groups excluding carboxylic acids is 2. The fourth-order valence-corrected chi connectivity index (χ4v) is 6.39. The lowest BCUT2D eigenvalue weighted by Gasteiger charge is -2.30. The number of alkyl halides is 4. The van der Waals surface area contributed by atoms with Crippen molar-refractivity contribution in [3.05, 3.63) is 45.2 Å². The molecular formula is C27H29Cl2F4N3O5. The van der Waals surface area contributed by atoms with E-state index < -0.39 is 65.8 Å². The summed E-state index contributed by atoms with van der Waals surface area (Å²) in [6.45, 7) is -1.38. The Bertz CT molecular complexity index is 1300. The van der Waals surface area contributed by atoms with Crippen LogP contribution in [-0.2, 0) is 11.0 Å². The molecular weight excluding hydrogens is 593 g/mol. The number of amides is 1. The van der Waals surface area contributed by atoms with Crippen LogP contribution in [0.1, 0.15) is 83.8 Å². The van der Waals surface area contributed by atoms with E-state index in [4.69, 9.17) is 27.9 Å². The Balaban J connectivity index is 1.68. The van der Waals surface area contributed by atoms with Crippen LogP contribution in [0.5, 0.6) is 5.75 Å². The van der Waals surface area contributed by atoms with Crippen LogP contribution in [0.2, 0.25) is 10.0 Å². The van der Waals surface area contributed by atoms with E-state index in [-0.39, 0.29) is 59.9 Å². The van der Waals surface area contributed by atoms with Crippen LogP contribution in [0.25, 0.3) is 0 Å². The standard InChI is InChI=1S/C27H29Cl2F4N3O5/c1-41-17-10-19(28)22(20(29)11-17)21(37)13-35(14-26(30)8-2-3-9-26)24(38)18-12-34-36(23(18)27(31,32)33)16-6-4-15(5-7-16)25(39)40/h10-12,15-16H,2-9,13-14H2,1H3,(H,39,40)/t15-,16+. The molecule has 1 heterocycles. The molecule has 2 aromatic rings. The van der Waals surface area contributed by atoms with Crippen molar-refractivity contribution >= 4 is 40.9 Å². The van der Waals surface area contributed by atoms with Crippen molar-refractivity contribution in [2.24, 2.45) is 5.92 Å². The number of aliphatic carboxylic acids is 1. The van der Waals surface area contributed by atoms with Gasteiger partial charge < -0.3 is 14.7 Å². The minimum absolute atomic E-state index is 0.0905. The molecule has 0 unspecified atom stereocenters. The zero-order chi connectivity index (χ0) is 30.1. The van der Waals surface area contributed by atoms with Crippen LogP contribution in [0, 0.1) is 5.92 Å². The van der Waals surface area contributed by atoms with Crippen LogP contribution < -0.4 is 4.74 Å². The fourth-order valence-electron chi connectivity index (χ4n) is 5.71. The molecule has 0 bridgehead atoms. The molecule has 0 atom stereocenters. The van der Waals surface area contributed by atoms with Gasteiger partial charge in [0.15, 0.2) is 11.5 Å². The highest BCUT2D eigenvalue weighted by molar-refractivity contribution is 6.40. The molecule has 1 amide bonds. The molecule has 0 saturated heterocycles. The number of aromatic nitrogens is 2. The second-order valence-corrected chi connectivity index (χ2v) is 11.4. The number of methoxy groups -OCH3 is 1. The highest BCUT2D eigenvalue weighted by atomic mass is 35.5. The van der Waals surface area contributed by atoms with Crippen molar-refractivity contribution in [1.82, 2.24) is 14.7 Å². The van der Waals surface area contributed by atoms with Crippen molar-refractivity contribution in [2.45, 2.75) is 69.3 Å². The predicted octanol–water partition coefficient (Wildman–Crippen LogP) is 6.64. The van der Waals surface area contributed by atoms with Gasteiger partial charge in [-0.15, -0.1) is 0 Å². The molecule has 0 aliphatic heterocycles. The molecule has 4 rings (SSSR count). The third-order valence-electron chi connectivity index (χ3n) is 7.81. The van der Waals surface area contributed by atoms with Crippen molar-refractivity contribution in [1.29, 1.82) is 0 Å². The third-order valence-corrected chi connectivity index (χ3v) is 8.41. The number of hydrogen-bond donors (Lipinski definition) is 1. The SMILES string of the molecule is COc1cc(Cl)c(C(=O)CN(CC2(F)CCCC2)C(=O)c2cnn([C@H]3CC[C@@H](C(=O)O)CC3)c2C(F)(F)F)c(Cl)c1. The molecule has 8 nitrogen and oxygen atoms in total. The van der Waals surface area contributed by atoms with Crippen LogP contribution in [0.4, 0.5) is 17.6 Å². The lowest BCUT2D eigenvalue weighted by Crippen LogP contribution is -2.45. The van der Waals surface area contributed by atoms with E-state index in [9.17, 15) is 32.7 Å². The molecule has 14 heteroatoms. The van der Waals surface area contributed by atoms with Gasteiger partial charge >= 0.3 is 12.1 Å². The molecule has 224 valence electrons. The van der Waals surface area contributed by atoms with E-state index in [0.29, 0.717) is 17.5 Å². The monoisotopic (exact) mass is 621 g/mol. The van der Waals surface area contributed by atoms with Gasteiger partial charge in [-0.1, -0.05) is 36.0 Å². The zero-order valence-electron chi connectivity index (χ0n) is 22.1. The van der Waals surface area contributed by atoms with E-state index in [1.165, 1.54) is 19.2 Å². The summed E-state index contributed by atoms with van der Waals surface area (Å²) < 4.78 is 64.6. The molecule has 1 aromatic heterocycles. The number of carbonyl (C=O) groups is 3. The maximum Gasteiger partial charge on any atom is 0.433 e. The highest BCUT2D eigenvalue weighted by Gasteiger charge is 2.45.